The van der Waals surface area contributed by atoms with Crippen molar-refractivity contribution < 1.29 is 4.39 Å². The standard InChI is InChI=1S/C20H15ClFN3/c1-11-6-8-13(9-7-11)19-12(2)17(14(10-23)20(24)25-19)18-15(21)4-3-5-16(18)22/h3-9H,1-2H3,(H2,24,25). The van der Waals surface area contributed by atoms with E-state index in [0.717, 1.165) is 11.1 Å². The zero-order chi connectivity index (χ0) is 18.1. The van der Waals surface area contributed by atoms with E-state index in [1.165, 1.54) is 12.1 Å². The number of nitrogens with two attached hydrogens (primary N) is 1. The highest BCUT2D eigenvalue weighted by atomic mass is 35.5. The summed E-state index contributed by atoms with van der Waals surface area (Å²) in [5, 5.41) is 9.75. The average Bonchev–Trinajstić information content (AvgIpc) is 2.58. The van der Waals surface area contributed by atoms with Crippen LogP contribution in [0.1, 0.15) is 16.7 Å². The minimum atomic E-state index is -0.507. The van der Waals surface area contributed by atoms with Gasteiger partial charge in [-0.1, -0.05) is 47.5 Å². The molecule has 25 heavy (non-hydrogen) atoms. The summed E-state index contributed by atoms with van der Waals surface area (Å²) < 4.78 is 14.5. The van der Waals surface area contributed by atoms with Gasteiger partial charge < -0.3 is 5.73 Å². The molecular formula is C20H15ClFN3. The van der Waals surface area contributed by atoms with Crippen LogP contribution in [0.4, 0.5) is 10.2 Å². The number of pyridine rings is 1. The number of nitrogens with zero attached hydrogens (tertiary/aromatic N) is 2. The van der Waals surface area contributed by atoms with Crippen molar-refractivity contribution in [3.63, 3.8) is 0 Å². The minimum Gasteiger partial charge on any atom is -0.383 e. The molecule has 3 nitrogen and oxygen atoms in total. The van der Waals surface area contributed by atoms with Gasteiger partial charge in [0.15, 0.2) is 0 Å². The van der Waals surface area contributed by atoms with Crippen molar-refractivity contribution in [1.82, 2.24) is 4.98 Å². The fourth-order valence-electron chi connectivity index (χ4n) is 2.85. The summed E-state index contributed by atoms with van der Waals surface area (Å²) in [6.45, 7) is 3.78. The average molecular weight is 352 g/mol. The molecule has 2 aromatic carbocycles. The highest BCUT2D eigenvalue weighted by Crippen LogP contribution is 2.40. The molecule has 0 saturated heterocycles. The van der Waals surface area contributed by atoms with Gasteiger partial charge in [0.05, 0.1) is 10.7 Å². The second-order valence-corrected chi connectivity index (χ2v) is 6.20. The summed E-state index contributed by atoms with van der Waals surface area (Å²) in [7, 11) is 0. The largest absolute Gasteiger partial charge is 0.383 e. The van der Waals surface area contributed by atoms with Gasteiger partial charge in [-0.15, -0.1) is 0 Å². The predicted molar refractivity (Wildman–Crippen MR) is 98.7 cm³/mol. The van der Waals surface area contributed by atoms with Crippen molar-refractivity contribution in [3.8, 4) is 28.5 Å². The molecule has 0 spiro atoms. The van der Waals surface area contributed by atoms with Crippen LogP contribution in [0.2, 0.25) is 5.02 Å². The van der Waals surface area contributed by atoms with Crippen LogP contribution in [0.5, 0.6) is 0 Å². The third kappa shape index (κ3) is 2.95. The first-order chi connectivity index (χ1) is 11.9. The van der Waals surface area contributed by atoms with Crippen LogP contribution in [0.25, 0.3) is 22.4 Å². The summed E-state index contributed by atoms with van der Waals surface area (Å²) in [4.78, 5) is 4.38. The molecule has 0 aliphatic heterocycles. The number of rotatable bonds is 2. The lowest BCUT2D eigenvalue weighted by atomic mass is 9.92. The Morgan fingerprint density at radius 1 is 1.08 bits per heavy atom. The molecule has 2 N–H and O–H groups in total. The van der Waals surface area contributed by atoms with E-state index in [-0.39, 0.29) is 22.0 Å². The van der Waals surface area contributed by atoms with Crippen LogP contribution in [0.15, 0.2) is 42.5 Å². The number of hydrogen-bond acceptors (Lipinski definition) is 3. The topological polar surface area (TPSA) is 62.7 Å². The molecule has 3 rings (SSSR count). The number of aryl methyl sites for hydroxylation is 1. The fourth-order valence-corrected chi connectivity index (χ4v) is 3.11. The van der Waals surface area contributed by atoms with E-state index in [1.807, 2.05) is 37.3 Å². The smallest absolute Gasteiger partial charge is 0.142 e. The summed E-state index contributed by atoms with van der Waals surface area (Å²) in [5.41, 5.74) is 9.89. The fraction of sp³-hybridized carbons (Fsp3) is 0.100. The van der Waals surface area contributed by atoms with E-state index >= 15 is 0 Å². The van der Waals surface area contributed by atoms with Gasteiger partial charge in [-0.2, -0.15) is 5.26 Å². The Morgan fingerprint density at radius 2 is 1.76 bits per heavy atom. The Morgan fingerprint density at radius 3 is 2.36 bits per heavy atom. The van der Waals surface area contributed by atoms with Gasteiger partial charge in [0.2, 0.25) is 0 Å². The molecular weight excluding hydrogens is 337 g/mol. The lowest BCUT2D eigenvalue weighted by Crippen LogP contribution is -2.04. The highest BCUT2D eigenvalue weighted by Gasteiger charge is 2.22. The number of halogens is 2. The van der Waals surface area contributed by atoms with Crippen LogP contribution in [0.3, 0.4) is 0 Å². The highest BCUT2D eigenvalue weighted by molar-refractivity contribution is 6.33. The first-order valence-electron chi connectivity index (χ1n) is 7.65. The van der Waals surface area contributed by atoms with Gasteiger partial charge in [-0.05, 0) is 31.5 Å². The van der Waals surface area contributed by atoms with Gasteiger partial charge in [0.1, 0.15) is 23.3 Å². The van der Waals surface area contributed by atoms with Crippen molar-refractivity contribution in [2.75, 3.05) is 5.73 Å². The number of aromatic nitrogens is 1. The van der Waals surface area contributed by atoms with Crippen molar-refractivity contribution in [2.45, 2.75) is 13.8 Å². The molecule has 0 aliphatic rings. The van der Waals surface area contributed by atoms with Crippen LogP contribution in [-0.2, 0) is 0 Å². The molecule has 1 aromatic heterocycles. The van der Waals surface area contributed by atoms with Crippen molar-refractivity contribution in [2.24, 2.45) is 0 Å². The van der Waals surface area contributed by atoms with Gasteiger partial charge in [-0.3, -0.25) is 0 Å². The van der Waals surface area contributed by atoms with Crippen molar-refractivity contribution in [1.29, 1.82) is 5.26 Å². The zero-order valence-corrected chi connectivity index (χ0v) is 14.5. The Balaban J connectivity index is 2.39. The molecule has 124 valence electrons. The van der Waals surface area contributed by atoms with Crippen LogP contribution in [0, 0.1) is 31.0 Å². The van der Waals surface area contributed by atoms with Crippen molar-refractivity contribution in [3.05, 3.63) is 70.0 Å². The quantitative estimate of drug-likeness (QED) is 0.683. The Labute approximate surface area is 150 Å². The summed E-state index contributed by atoms with van der Waals surface area (Å²) in [5.74, 6) is -0.453. The SMILES string of the molecule is Cc1ccc(-c2nc(N)c(C#N)c(-c3c(F)cccc3Cl)c2C)cc1. The lowest BCUT2D eigenvalue weighted by molar-refractivity contribution is 0.631. The van der Waals surface area contributed by atoms with Crippen LogP contribution < -0.4 is 5.73 Å². The van der Waals surface area contributed by atoms with Gasteiger partial charge >= 0.3 is 0 Å². The van der Waals surface area contributed by atoms with E-state index in [0.29, 0.717) is 16.8 Å². The summed E-state index contributed by atoms with van der Waals surface area (Å²) in [6, 6.07) is 14.2. The van der Waals surface area contributed by atoms with Crippen molar-refractivity contribution >= 4 is 17.4 Å². The maximum atomic E-state index is 14.5. The molecule has 0 saturated carbocycles. The monoisotopic (exact) mass is 351 g/mol. The maximum Gasteiger partial charge on any atom is 0.142 e. The van der Waals surface area contributed by atoms with Gasteiger partial charge in [0, 0.05) is 16.7 Å². The van der Waals surface area contributed by atoms with Crippen LogP contribution in [-0.4, -0.2) is 4.98 Å². The molecule has 0 atom stereocenters. The zero-order valence-electron chi connectivity index (χ0n) is 13.8. The Kier molecular flexibility index (Phi) is 4.43. The molecule has 5 heteroatoms. The second kappa shape index (κ2) is 6.54. The van der Waals surface area contributed by atoms with E-state index in [1.54, 1.807) is 13.0 Å². The van der Waals surface area contributed by atoms with Crippen LogP contribution >= 0.6 is 11.6 Å². The van der Waals surface area contributed by atoms with E-state index in [9.17, 15) is 9.65 Å². The maximum absolute atomic E-state index is 14.5. The first kappa shape index (κ1) is 16.9. The number of nitriles is 1. The molecule has 0 fully saturated rings. The summed E-state index contributed by atoms with van der Waals surface area (Å²) in [6.07, 6.45) is 0. The van der Waals surface area contributed by atoms with Gasteiger partial charge in [-0.25, -0.2) is 9.37 Å². The number of nitrogen functional groups attached to an aromatic ring is 1. The second-order valence-electron chi connectivity index (χ2n) is 5.80. The first-order valence-corrected chi connectivity index (χ1v) is 8.03. The molecule has 1 heterocycles. The predicted octanol–water partition coefficient (Wildman–Crippen LogP) is 5.28. The van der Waals surface area contributed by atoms with E-state index < -0.39 is 5.82 Å². The molecule has 3 aromatic rings. The molecule has 0 bridgehead atoms. The van der Waals surface area contributed by atoms with Gasteiger partial charge in [0.25, 0.3) is 0 Å². The number of hydrogen-bond donors (Lipinski definition) is 1. The lowest BCUT2D eigenvalue weighted by Gasteiger charge is -2.16. The Hall–Kier alpha value is -2.90. The molecule has 0 unspecified atom stereocenters. The van der Waals surface area contributed by atoms with E-state index in [4.69, 9.17) is 17.3 Å². The normalized spacial score (nSPS) is 10.5. The number of anilines is 1. The Bertz CT molecular complexity index is 985. The summed E-state index contributed by atoms with van der Waals surface area (Å²) >= 11 is 6.23. The number of benzene rings is 2. The molecule has 0 amide bonds. The van der Waals surface area contributed by atoms with E-state index in [2.05, 4.69) is 4.98 Å². The molecule has 0 aliphatic carbocycles. The minimum absolute atomic E-state index is 0.0537. The third-order valence-corrected chi connectivity index (χ3v) is 4.43. The molecule has 0 radical (unpaired) electrons. The third-order valence-electron chi connectivity index (χ3n) is 4.12.